The molecule has 0 aromatic carbocycles. The van der Waals surface area contributed by atoms with Gasteiger partial charge in [0.25, 0.3) is 5.91 Å². The van der Waals surface area contributed by atoms with E-state index in [9.17, 15) is 9.59 Å². The molecule has 3 amide bonds. The second-order valence-electron chi connectivity index (χ2n) is 3.14. The van der Waals surface area contributed by atoms with E-state index in [0.717, 1.165) is 0 Å². The Bertz CT molecular complexity index is 280. The lowest BCUT2D eigenvalue weighted by molar-refractivity contribution is -0.128. The van der Waals surface area contributed by atoms with E-state index in [1.165, 1.54) is 4.90 Å². The molecule has 70 valence electrons. The summed E-state index contributed by atoms with van der Waals surface area (Å²) in [5.74, 6) is 2.23. The van der Waals surface area contributed by atoms with Crippen molar-refractivity contribution >= 4 is 11.9 Å². The van der Waals surface area contributed by atoms with Crippen LogP contribution >= 0.6 is 0 Å². The molecule has 0 radical (unpaired) electrons. The highest BCUT2D eigenvalue weighted by Crippen LogP contribution is 2.12. The maximum Gasteiger partial charge on any atom is 0.325 e. The number of rotatable bonds is 2. The number of hydrogen-bond donors (Lipinski definition) is 1. The van der Waals surface area contributed by atoms with Gasteiger partial charge in [-0.25, -0.2) is 4.79 Å². The topological polar surface area (TPSA) is 49.4 Å². The summed E-state index contributed by atoms with van der Waals surface area (Å²) in [5.41, 5.74) is 0. The van der Waals surface area contributed by atoms with Crippen LogP contribution < -0.4 is 5.32 Å². The van der Waals surface area contributed by atoms with Gasteiger partial charge in [-0.15, -0.1) is 12.3 Å². The van der Waals surface area contributed by atoms with Gasteiger partial charge in [0.15, 0.2) is 0 Å². The minimum atomic E-state index is -0.423. The number of nitrogens with zero attached hydrogens (tertiary/aromatic N) is 1. The molecule has 0 bridgehead atoms. The quantitative estimate of drug-likeness (QED) is 0.492. The summed E-state index contributed by atoms with van der Waals surface area (Å²) < 4.78 is 0. The minimum absolute atomic E-state index is 0.201. The first kappa shape index (κ1) is 9.59. The van der Waals surface area contributed by atoms with Gasteiger partial charge >= 0.3 is 6.03 Å². The summed E-state index contributed by atoms with van der Waals surface area (Å²) in [4.78, 5) is 23.8. The van der Waals surface area contributed by atoms with Crippen molar-refractivity contribution in [2.45, 2.75) is 32.4 Å². The Morgan fingerprint density at radius 2 is 2.31 bits per heavy atom. The lowest BCUT2D eigenvalue weighted by Gasteiger charge is -2.18. The Labute approximate surface area is 77.3 Å². The number of urea groups is 1. The van der Waals surface area contributed by atoms with Gasteiger partial charge in [-0.2, -0.15) is 0 Å². The molecule has 2 atom stereocenters. The van der Waals surface area contributed by atoms with Gasteiger partial charge in [-0.05, 0) is 13.8 Å². The molecule has 13 heavy (non-hydrogen) atoms. The summed E-state index contributed by atoms with van der Waals surface area (Å²) in [6.07, 6.45) is 5.50. The van der Waals surface area contributed by atoms with E-state index in [-0.39, 0.29) is 18.0 Å². The maximum absolute atomic E-state index is 11.4. The predicted octanol–water partition coefficient (Wildman–Crippen LogP) is 0.339. The number of carbonyl (C=O) groups is 2. The van der Waals surface area contributed by atoms with Crippen molar-refractivity contribution in [3.8, 4) is 12.3 Å². The first-order valence-electron chi connectivity index (χ1n) is 4.15. The van der Waals surface area contributed by atoms with E-state index < -0.39 is 6.04 Å². The number of terminal acetylenes is 1. The molecular formula is C9H12N2O2. The molecule has 1 aliphatic heterocycles. The van der Waals surface area contributed by atoms with E-state index >= 15 is 0 Å². The standard InChI is InChI=1S/C9H12N2O2/c1-4-5-6(2)11-8(12)7(3)10-9(11)13/h1,6-7H,5H2,2-3H3,(H,10,13)/t6?,7-/m0/s1. The van der Waals surface area contributed by atoms with Gasteiger partial charge < -0.3 is 5.32 Å². The molecule has 1 heterocycles. The van der Waals surface area contributed by atoms with Crippen LogP contribution in [0.5, 0.6) is 0 Å². The van der Waals surface area contributed by atoms with Crippen molar-refractivity contribution < 1.29 is 9.59 Å². The Kier molecular flexibility index (Phi) is 2.57. The van der Waals surface area contributed by atoms with Gasteiger partial charge in [-0.1, -0.05) is 0 Å². The molecular weight excluding hydrogens is 168 g/mol. The van der Waals surface area contributed by atoms with Crippen LogP contribution in [0.15, 0.2) is 0 Å². The molecule has 1 saturated heterocycles. The first-order valence-corrected chi connectivity index (χ1v) is 4.15. The minimum Gasteiger partial charge on any atom is -0.326 e. The van der Waals surface area contributed by atoms with Crippen LogP contribution in [0.2, 0.25) is 0 Å². The third-order valence-corrected chi connectivity index (χ3v) is 2.02. The summed E-state index contributed by atoms with van der Waals surface area (Å²) >= 11 is 0. The number of carbonyl (C=O) groups excluding carboxylic acids is 2. The lowest BCUT2D eigenvalue weighted by atomic mass is 10.2. The zero-order chi connectivity index (χ0) is 10.0. The molecule has 1 N–H and O–H groups in total. The average Bonchev–Trinajstić information content (AvgIpc) is 2.27. The van der Waals surface area contributed by atoms with Gasteiger partial charge in [0.2, 0.25) is 0 Å². The SMILES string of the molecule is C#CCC(C)N1C(=O)N[C@@H](C)C1=O. The van der Waals surface area contributed by atoms with Gasteiger partial charge in [-0.3, -0.25) is 9.69 Å². The molecule has 0 aliphatic carbocycles. The third-order valence-electron chi connectivity index (χ3n) is 2.02. The average molecular weight is 180 g/mol. The molecule has 0 spiro atoms. The third kappa shape index (κ3) is 1.64. The molecule has 1 fully saturated rings. The Morgan fingerprint density at radius 1 is 1.69 bits per heavy atom. The van der Waals surface area contributed by atoms with E-state index in [4.69, 9.17) is 6.42 Å². The highest BCUT2D eigenvalue weighted by molar-refractivity contribution is 6.04. The fourth-order valence-electron chi connectivity index (χ4n) is 1.30. The molecule has 0 aromatic rings. The monoisotopic (exact) mass is 180 g/mol. The van der Waals surface area contributed by atoms with Crippen molar-refractivity contribution in [2.75, 3.05) is 0 Å². The molecule has 1 rings (SSSR count). The Balaban J connectivity index is 2.75. The van der Waals surface area contributed by atoms with Crippen LogP contribution in [0.4, 0.5) is 4.79 Å². The normalized spacial score (nSPS) is 24.1. The fraction of sp³-hybridized carbons (Fsp3) is 0.556. The second-order valence-corrected chi connectivity index (χ2v) is 3.14. The first-order chi connectivity index (χ1) is 6.07. The van der Waals surface area contributed by atoms with E-state index in [1.807, 2.05) is 0 Å². The Hall–Kier alpha value is -1.50. The molecule has 0 aromatic heterocycles. The number of hydrogen-bond acceptors (Lipinski definition) is 2. The fourth-order valence-corrected chi connectivity index (χ4v) is 1.30. The van der Waals surface area contributed by atoms with Crippen LogP contribution in [-0.2, 0) is 4.79 Å². The predicted molar refractivity (Wildman–Crippen MR) is 47.8 cm³/mol. The maximum atomic E-state index is 11.4. The summed E-state index contributed by atoms with van der Waals surface area (Å²) in [7, 11) is 0. The van der Waals surface area contributed by atoms with Gasteiger partial charge in [0.05, 0.1) is 0 Å². The van der Waals surface area contributed by atoms with Crippen molar-refractivity contribution in [1.29, 1.82) is 0 Å². The van der Waals surface area contributed by atoms with Crippen LogP contribution in [0.1, 0.15) is 20.3 Å². The summed E-state index contributed by atoms with van der Waals surface area (Å²) in [6, 6.07) is -0.990. The summed E-state index contributed by atoms with van der Waals surface area (Å²) in [5, 5.41) is 2.52. The molecule has 1 unspecified atom stereocenters. The molecule has 4 nitrogen and oxygen atoms in total. The summed E-state index contributed by atoms with van der Waals surface area (Å²) in [6.45, 7) is 3.41. The van der Waals surface area contributed by atoms with Crippen molar-refractivity contribution in [3.05, 3.63) is 0 Å². The zero-order valence-electron chi connectivity index (χ0n) is 7.70. The van der Waals surface area contributed by atoms with Crippen LogP contribution in [0.3, 0.4) is 0 Å². The van der Waals surface area contributed by atoms with Crippen molar-refractivity contribution in [3.63, 3.8) is 0 Å². The van der Waals surface area contributed by atoms with Gasteiger partial charge in [0.1, 0.15) is 6.04 Å². The molecule has 0 saturated carbocycles. The largest absolute Gasteiger partial charge is 0.326 e. The van der Waals surface area contributed by atoms with Crippen molar-refractivity contribution in [1.82, 2.24) is 10.2 Å². The van der Waals surface area contributed by atoms with Crippen LogP contribution in [-0.4, -0.2) is 28.9 Å². The smallest absolute Gasteiger partial charge is 0.325 e. The number of amides is 3. The van der Waals surface area contributed by atoms with Crippen LogP contribution in [0, 0.1) is 12.3 Å². The Morgan fingerprint density at radius 3 is 2.69 bits per heavy atom. The van der Waals surface area contributed by atoms with Crippen LogP contribution in [0.25, 0.3) is 0 Å². The zero-order valence-corrected chi connectivity index (χ0v) is 7.70. The molecule has 1 aliphatic rings. The number of nitrogens with one attached hydrogen (secondary N) is 1. The number of imide groups is 1. The van der Waals surface area contributed by atoms with E-state index in [2.05, 4.69) is 11.2 Å². The van der Waals surface area contributed by atoms with E-state index in [1.54, 1.807) is 13.8 Å². The second kappa shape index (κ2) is 3.48. The van der Waals surface area contributed by atoms with Crippen molar-refractivity contribution in [2.24, 2.45) is 0 Å². The highest BCUT2D eigenvalue weighted by atomic mass is 16.2. The lowest BCUT2D eigenvalue weighted by Crippen LogP contribution is -2.38. The molecule has 4 heteroatoms. The van der Waals surface area contributed by atoms with Gasteiger partial charge in [0, 0.05) is 12.5 Å². The highest BCUT2D eigenvalue weighted by Gasteiger charge is 2.37. The van der Waals surface area contributed by atoms with E-state index in [0.29, 0.717) is 6.42 Å².